The highest BCUT2D eigenvalue weighted by Crippen LogP contribution is 2.37. The number of pyridine rings is 2. The third kappa shape index (κ3) is 3.26. The van der Waals surface area contributed by atoms with Gasteiger partial charge in [0.1, 0.15) is 11.2 Å². The number of aromatic nitrogens is 2. The average molecular weight is 388 g/mol. The van der Waals surface area contributed by atoms with Gasteiger partial charge in [-0.25, -0.2) is 14.2 Å². The second-order valence-electron chi connectivity index (χ2n) is 7.82. The molecule has 1 aliphatic carbocycles. The zero-order valence-corrected chi connectivity index (χ0v) is 16.1. The van der Waals surface area contributed by atoms with Gasteiger partial charge in [0.05, 0.1) is 5.39 Å². The molecule has 2 N–H and O–H groups in total. The summed E-state index contributed by atoms with van der Waals surface area (Å²) in [7, 11) is 0. The molecule has 0 aromatic carbocycles. The SMILES string of the molecule is CCN[C@@H](C)[C@H]1CCN(c2nc3c(cc2F)c(=O)c(C(=O)O)cn3C2CC2)C1. The molecule has 2 fully saturated rings. The van der Waals surface area contributed by atoms with E-state index in [1.807, 2.05) is 4.90 Å². The molecular formula is C20H25FN4O3. The van der Waals surface area contributed by atoms with Gasteiger partial charge in [0.2, 0.25) is 5.43 Å². The van der Waals surface area contributed by atoms with Crippen LogP contribution in [0, 0.1) is 11.7 Å². The largest absolute Gasteiger partial charge is 0.477 e. The summed E-state index contributed by atoms with van der Waals surface area (Å²) < 4.78 is 16.6. The highest BCUT2D eigenvalue weighted by Gasteiger charge is 2.31. The van der Waals surface area contributed by atoms with Gasteiger partial charge < -0.3 is 19.9 Å². The molecule has 1 aliphatic heterocycles. The van der Waals surface area contributed by atoms with E-state index in [0.29, 0.717) is 30.7 Å². The zero-order chi connectivity index (χ0) is 20.0. The lowest BCUT2D eigenvalue weighted by Crippen LogP contribution is -2.35. The normalized spacial score (nSPS) is 20.7. The molecule has 7 nitrogen and oxygen atoms in total. The Morgan fingerprint density at radius 2 is 2.18 bits per heavy atom. The fourth-order valence-electron chi connectivity index (χ4n) is 4.12. The number of carboxylic acid groups (broad SMARTS) is 1. The second kappa shape index (κ2) is 7.16. The van der Waals surface area contributed by atoms with E-state index < -0.39 is 17.2 Å². The minimum atomic E-state index is -1.30. The van der Waals surface area contributed by atoms with Crippen LogP contribution in [0.3, 0.4) is 0 Å². The molecule has 1 saturated carbocycles. The number of halogens is 1. The fraction of sp³-hybridized carbons (Fsp3) is 0.550. The number of carboxylic acids is 1. The van der Waals surface area contributed by atoms with E-state index in [2.05, 4.69) is 24.1 Å². The number of nitrogens with one attached hydrogen (secondary N) is 1. The van der Waals surface area contributed by atoms with Crippen LogP contribution in [0.15, 0.2) is 17.1 Å². The van der Waals surface area contributed by atoms with Crippen molar-refractivity contribution in [1.82, 2.24) is 14.9 Å². The lowest BCUT2D eigenvalue weighted by Gasteiger charge is -2.22. The van der Waals surface area contributed by atoms with Gasteiger partial charge in [-0.15, -0.1) is 0 Å². The Hall–Kier alpha value is -2.48. The van der Waals surface area contributed by atoms with Crippen molar-refractivity contribution in [2.45, 2.75) is 45.2 Å². The Bertz CT molecular complexity index is 986. The maximum absolute atomic E-state index is 14.9. The summed E-state index contributed by atoms with van der Waals surface area (Å²) in [5.41, 5.74) is -0.649. The summed E-state index contributed by atoms with van der Waals surface area (Å²) in [6.07, 6.45) is 4.11. The first kappa shape index (κ1) is 18.9. The lowest BCUT2D eigenvalue weighted by atomic mass is 10.0. The Labute approximate surface area is 162 Å². The van der Waals surface area contributed by atoms with Gasteiger partial charge >= 0.3 is 5.97 Å². The van der Waals surface area contributed by atoms with Gasteiger partial charge in [-0.1, -0.05) is 6.92 Å². The van der Waals surface area contributed by atoms with Crippen molar-refractivity contribution in [3.63, 3.8) is 0 Å². The minimum absolute atomic E-state index is 0.0322. The van der Waals surface area contributed by atoms with Crippen LogP contribution in [-0.4, -0.2) is 46.3 Å². The van der Waals surface area contributed by atoms with Gasteiger partial charge in [0, 0.05) is 31.4 Å². The molecule has 0 unspecified atom stereocenters. The smallest absolute Gasteiger partial charge is 0.341 e. The van der Waals surface area contributed by atoms with Crippen molar-refractivity contribution in [3.05, 3.63) is 33.9 Å². The number of nitrogens with zero attached hydrogens (tertiary/aromatic N) is 3. The number of rotatable bonds is 6. The predicted molar refractivity (Wildman–Crippen MR) is 105 cm³/mol. The van der Waals surface area contributed by atoms with Crippen LogP contribution in [0.4, 0.5) is 10.2 Å². The van der Waals surface area contributed by atoms with E-state index in [4.69, 9.17) is 0 Å². The average Bonchev–Trinajstić information content (AvgIpc) is 3.38. The standard InChI is InChI=1S/C20H25FN4O3/c1-3-22-11(2)12-6-7-24(9-12)19-16(21)8-14-17(26)15(20(27)28)10-25(13-4-5-13)18(14)23-19/h8,10-13,22H,3-7,9H2,1-2H3,(H,27,28)/t11-,12-/m0/s1. The minimum Gasteiger partial charge on any atom is -0.477 e. The predicted octanol–water partition coefficient (Wildman–Crippen LogP) is 2.39. The van der Waals surface area contributed by atoms with E-state index in [9.17, 15) is 19.1 Å². The van der Waals surface area contributed by atoms with Crippen LogP contribution >= 0.6 is 0 Å². The lowest BCUT2D eigenvalue weighted by molar-refractivity contribution is 0.0695. The number of hydrogen-bond donors (Lipinski definition) is 2. The molecule has 2 aliphatic rings. The van der Waals surface area contributed by atoms with E-state index in [1.54, 1.807) is 4.57 Å². The second-order valence-corrected chi connectivity index (χ2v) is 7.82. The first-order valence-electron chi connectivity index (χ1n) is 9.87. The van der Waals surface area contributed by atoms with Crippen molar-refractivity contribution in [1.29, 1.82) is 0 Å². The first-order chi connectivity index (χ1) is 13.4. The Morgan fingerprint density at radius 1 is 1.43 bits per heavy atom. The topological polar surface area (TPSA) is 87.5 Å². The van der Waals surface area contributed by atoms with Crippen LogP contribution in [0.1, 0.15) is 49.5 Å². The molecule has 1 saturated heterocycles. The summed E-state index contributed by atoms with van der Waals surface area (Å²) >= 11 is 0. The van der Waals surface area contributed by atoms with E-state index in [0.717, 1.165) is 31.9 Å². The Morgan fingerprint density at radius 3 is 2.82 bits per heavy atom. The molecule has 150 valence electrons. The fourth-order valence-corrected chi connectivity index (χ4v) is 4.12. The number of hydrogen-bond acceptors (Lipinski definition) is 5. The summed E-state index contributed by atoms with van der Waals surface area (Å²) in [5, 5.41) is 12.8. The first-order valence-corrected chi connectivity index (χ1v) is 9.87. The molecule has 8 heteroatoms. The molecule has 2 aromatic rings. The molecule has 0 amide bonds. The van der Waals surface area contributed by atoms with Crippen LogP contribution in [0.25, 0.3) is 11.0 Å². The summed E-state index contributed by atoms with van der Waals surface area (Å²) in [4.78, 5) is 30.4. The number of aromatic carboxylic acids is 1. The number of fused-ring (bicyclic) bond motifs is 1. The van der Waals surface area contributed by atoms with Crippen molar-refractivity contribution < 1.29 is 14.3 Å². The number of carbonyl (C=O) groups is 1. The summed E-state index contributed by atoms with van der Waals surface area (Å²) in [5.74, 6) is -1.23. The van der Waals surface area contributed by atoms with Gasteiger partial charge in [-0.3, -0.25) is 4.79 Å². The molecule has 4 rings (SSSR count). The summed E-state index contributed by atoms with van der Waals surface area (Å²) in [6, 6.07) is 1.61. The van der Waals surface area contributed by atoms with Gasteiger partial charge in [-0.2, -0.15) is 0 Å². The van der Waals surface area contributed by atoms with Crippen LogP contribution < -0.4 is 15.6 Å². The quantitative estimate of drug-likeness (QED) is 0.790. The molecule has 2 aromatic heterocycles. The molecule has 0 bridgehead atoms. The van der Waals surface area contributed by atoms with Crippen LogP contribution in [0.5, 0.6) is 0 Å². The molecule has 28 heavy (non-hydrogen) atoms. The Kier molecular flexibility index (Phi) is 4.82. The third-order valence-electron chi connectivity index (χ3n) is 5.87. The number of anilines is 1. The molecule has 3 heterocycles. The van der Waals surface area contributed by atoms with Gasteiger partial charge in [0.25, 0.3) is 0 Å². The monoisotopic (exact) mass is 388 g/mol. The van der Waals surface area contributed by atoms with Crippen molar-refractivity contribution >= 4 is 22.8 Å². The van der Waals surface area contributed by atoms with Gasteiger partial charge in [-0.05, 0) is 44.7 Å². The van der Waals surface area contributed by atoms with Crippen molar-refractivity contribution in [3.8, 4) is 0 Å². The van der Waals surface area contributed by atoms with Gasteiger partial charge in [0.15, 0.2) is 11.6 Å². The third-order valence-corrected chi connectivity index (χ3v) is 5.87. The maximum Gasteiger partial charge on any atom is 0.341 e. The molecule has 0 radical (unpaired) electrons. The highest BCUT2D eigenvalue weighted by atomic mass is 19.1. The van der Waals surface area contributed by atoms with Crippen molar-refractivity contribution in [2.75, 3.05) is 24.5 Å². The Balaban J connectivity index is 1.76. The zero-order valence-electron chi connectivity index (χ0n) is 16.1. The van der Waals surface area contributed by atoms with Crippen LogP contribution in [-0.2, 0) is 0 Å². The van der Waals surface area contributed by atoms with E-state index in [1.165, 1.54) is 6.20 Å². The molecule has 2 atom stereocenters. The van der Waals surface area contributed by atoms with Crippen molar-refractivity contribution in [2.24, 2.45) is 5.92 Å². The molecular weight excluding hydrogens is 363 g/mol. The van der Waals surface area contributed by atoms with Crippen LogP contribution in [0.2, 0.25) is 0 Å². The van der Waals surface area contributed by atoms with E-state index >= 15 is 0 Å². The maximum atomic E-state index is 14.9. The van der Waals surface area contributed by atoms with E-state index in [-0.39, 0.29) is 22.8 Å². The highest BCUT2D eigenvalue weighted by molar-refractivity contribution is 5.92. The molecule has 0 spiro atoms. The summed E-state index contributed by atoms with van der Waals surface area (Å²) in [6.45, 7) is 6.50.